The van der Waals surface area contributed by atoms with E-state index in [9.17, 15) is 0 Å². The van der Waals surface area contributed by atoms with Crippen LogP contribution >= 0.6 is 0 Å². The van der Waals surface area contributed by atoms with Crippen LogP contribution in [-0.2, 0) is 0 Å². The number of benzene rings is 8. The average molecular weight is 717 g/mol. The van der Waals surface area contributed by atoms with Crippen molar-refractivity contribution in [2.45, 2.75) is 0 Å². The average Bonchev–Trinajstić information content (AvgIpc) is 3.83. The van der Waals surface area contributed by atoms with E-state index in [4.69, 9.17) is 19.4 Å². The molecule has 0 saturated carbocycles. The second kappa shape index (κ2) is 13.0. The molecule has 11 rings (SSSR count). The minimum Gasteiger partial charge on any atom is -0.455 e. The molecule has 0 unspecified atom stereocenters. The fourth-order valence-corrected chi connectivity index (χ4v) is 8.13. The standard InChI is InChI=1S/C51H32N4O/c1-5-17-33(18-6-1)38-26-15-27-40-39-25-13-14-30-44(39)55(47(38)40)37-31-43(34-19-7-2-8-20-34)46-41-28-16-29-42(48(41)56-45(46)32-37)51-53-49(35-21-9-3-10-22-35)52-50(54-51)36-23-11-4-12-24-36/h1-32H. The largest absolute Gasteiger partial charge is 0.455 e. The third-order valence-corrected chi connectivity index (χ3v) is 10.6. The van der Waals surface area contributed by atoms with E-state index in [1.165, 1.54) is 21.9 Å². The minimum absolute atomic E-state index is 0.554. The molecule has 0 radical (unpaired) electrons. The van der Waals surface area contributed by atoms with Crippen molar-refractivity contribution in [2.75, 3.05) is 0 Å². The molecule has 262 valence electrons. The number of rotatable bonds is 6. The lowest BCUT2D eigenvalue weighted by Crippen LogP contribution is -2.00. The summed E-state index contributed by atoms with van der Waals surface area (Å²) in [6, 6.07) is 67.4. The first-order chi connectivity index (χ1) is 27.8. The number of nitrogens with zero attached hydrogens (tertiary/aromatic N) is 4. The summed E-state index contributed by atoms with van der Waals surface area (Å²) in [5.74, 6) is 1.77. The van der Waals surface area contributed by atoms with Crippen molar-refractivity contribution in [1.82, 2.24) is 19.5 Å². The van der Waals surface area contributed by atoms with Crippen molar-refractivity contribution in [2.24, 2.45) is 0 Å². The van der Waals surface area contributed by atoms with Crippen LogP contribution in [-0.4, -0.2) is 19.5 Å². The molecular weight excluding hydrogens is 685 g/mol. The Hall–Kier alpha value is -7.63. The lowest BCUT2D eigenvalue weighted by molar-refractivity contribution is 0.669. The molecule has 56 heavy (non-hydrogen) atoms. The summed E-state index contributed by atoms with van der Waals surface area (Å²) < 4.78 is 9.46. The van der Waals surface area contributed by atoms with E-state index < -0.39 is 0 Å². The van der Waals surface area contributed by atoms with Gasteiger partial charge in [0, 0.05) is 44.3 Å². The molecule has 3 aromatic heterocycles. The Kier molecular flexibility index (Phi) is 7.42. The molecule has 8 aromatic carbocycles. The van der Waals surface area contributed by atoms with E-state index in [1.807, 2.05) is 66.7 Å². The molecule has 0 atom stereocenters. The van der Waals surface area contributed by atoms with Crippen LogP contribution in [0.1, 0.15) is 0 Å². The highest BCUT2D eigenvalue weighted by atomic mass is 16.3. The van der Waals surface area contributed by atoms with Gasteiger partial charge in [0.2, 0.25) is 0 Å². The van der Waals surface area contributed by atoms with Gasteiger partial charge >= 0.3 is 0 Å². The fourth-order valence-electron chi connectivity index (χ4n) is 8.13. The van der Waals surface area contributed by atoms with Crippen molar-refractivity contribution in [3.05, 3.63) is 194 Å². The van der Waals surface area contributed by atoms with Gasteiger partial charge in [0.1, 0.15) is 11.2 Å². The monoisotopic (exact) mass is 716 g/mol. The lowest BCUT2D eigenvalue weighted by Gasteiger charge is -2.14. The fraction of sp³-hybridized carbons (Fsp3) is 0. The maximum Gasteiger partial charge on any atom is 0.167 e. The molecular formula is C51H32N4O. The van der Waals surface area contributed by atoms with Crippen molar-refractivity contribution in [1.29, 1.82) is 0 Å². The topological polar surface area (TPSA) is 56.7 Å². The SMILES string of the molecule is c1ccc(-c2nc(-c3ccccc3)nc(-c3cccc4c3oc3cc(-n5c6ccccc6c6cccc(-c7ccccc7)c65)cc(-c5ccccc5)c34)n2)cc1. The number of fused-ring (bicyclic) bond motifs is 6. The van der Waals surface area contributed by atoms with Gasteiger partial charge in [-0.3, -0.25) is 0 Å². The first kappa shape index (κ1) is 31.9. The molecule has 0 aliphatic heterocycles. The Morgan fingerprint density at radius 3 is 1.52 bits per heavy atom. The summed E-state index contributed by atoms with van der Waals surface area (Å²) >= 11 is 0. The van der Waals surface area contributed by atoms with E-state index in [-0.39, 0.29) is 0 Å². The van der Waals surface area contributed by atoms with Gasteiger partial charge in [-0.15, -0.1) is 0 Å². The van der Waals surface area contributed by atoms with Crippen LogP contribution < -0.4 is 0 Å². The Balaban J connectivity index is 1.21. The second-order valence-corrected chi connectivity index (χ2v) is 14.0. The van der Waals surface area contributed by atoms with Crippen LogP contribution in [0.2, 0.25) is 0 Å². The minimum atomic E-state index is 0.554. The summed E-state index contributed by atoms with van der Waals surface area (Å²) in [6.45, 7) is 0. The van der Waals surface area contributed by atoms with Gasteiger partial charge in [-0.25, -0.2) is 15.0 Å². The van der Waals surface area contributed by atoms with Crippen molar-refractivity contribution < 1.29 is 4.42 Å². The molecule has 11 aromatic rings. The number of hydrogen-bond acceptors (Lipinski definition) is 4. The van der Waals surface area contributed by atoms with E-state index >= 15 is 0 Å². The Morgan fingerprint density at radius 1 is 0.375 bits per heavy atom. The maximum atomic E-state index is 7.06. The van der Waals surface area contributed by atoms with Gasteiger partial charge < -0.3 is 8.98 Å². The molecule has 0 amide bonds. The summed E-state index contributed by atoms with van der Waals surface area (Å²) in [5, 5.41) is 4.44. The number of aromatic nitrogens is 4. The van der Waals surface area contributed by atoms with Crippen LogP contribution in [0.25, 0.3) is 106 Å². The van der Waals surface area contributed by atoms with E-state index in [0.717, 1.165) is 66.5 Å². The highest BCUT2D eigenvalue weighted by molar-refractivity contribution is 6.17. The molecule has 5 nitrogen and oxygen atoms in total. The molecule has 0 bridgehead atoms. The Bertz CT molecular complexity index is 3170. The zero-order valence-electron chi connectivity index (χ0n) is 30.2. The summed E-state index contributed by atoms with van der Waals surface area (Å²) in [4.78, 5) is 15.1. The van der Waals surface area contributed by atoms with Crippen molar-refractivity contribution >= 4 is 43.7 Å². The molecule has 5 heteroatoms. The zero-order valence-corrected chi connectivity index (χ0v) is 30.2. The molecule has 0 saturated heterocycles. The highest BCUT2D eigenvalue weighted by Gasteiger charge is 2.23. The van der Waals surface area contributed by atoms with Crippen LogP contribution in [0.4, 0.5) is 0 Å². The number of furan rings is 1. The van der Waals surface area contributed by atoms with Crippen LogP contribution in [0.3, 0.4) is 0 Å². The van der Waals surface area contributed by atoms with E-state index in [1.54, 1.807) is 0 Å². The highest BCUT2D eigenvalue weighted by Crippen LogP contribution is 2.44. The normalized spacial score (nSPS) is 11.6. The van der Waals surface area contributed by atoms with Crippen molar-refractivity contribution in [3.8, 4) is 62.1 Å². The van der Waals surface area contributed by atoms with Gasteiger partial charge in [-0.05, 0) is 34.9 Å². The number of hydrogen-bond donors (Lipinski definition) is 0. The van der Waals surface area contributed by atoms with Gasteiger partial charge in [-0.2, -0.15) is 0 Å². The Morgan fingerprint density at radius 2 is 0.875 bits per heavy atom. The van der Waals surface area contributed by atoms with E-state index in [2.05, 4.69) is 132 Å². The molecule has 0 aliphatic carbocycles. The smallest absolute Gasteiger partial charge is 0.167 e. The third kappa shape index (κ3) is 5.21. The first-order valence-electron chi connectivity index (χ1n) is 18.8. The Labute approximate surface area is 322 Å². The van der Waals surface area contributed by atoms with Crippen molar-refractivity contribution in [3.63, 3.8) is 0 Å². The third-order valence-electron chi connectivity index (χ3n) is 10.6. The van der Waals surface area contributed by atoms with Crippen LogP contribution in [0, 0.1) is 0 Å². The van der Waals surface area contributed by atoms with Crippen LogP contribution in [0.5, 0.6) is 0 Å². The van der Waals surface area contributed by atoms with Crippen LogP contribution in [0.15, 0.2) is 199 Å². The maximum absolute atomic E-state index is 7.06. The molecule has 0 spiro atoms. The second-order valence-electron chi connectivity index (χ2n) is 14.0. The molecule has 3 heterocycles. The van der Waals surface area contributed by atoms with E-state index in [0.29, 0.717) is 17.5 Å². The lowest BCUT2D eigenvalue weighted by atomic mass is 9.97. The predicted octanol–water partition coefficient (Wildman–Crippen LogP) is 13.2. The first-order valence-corrected chi connectivity index (χ1v) is 18.8. The molecule has 0 N–H and O–H groups in total. The number of para-hydroxylation sites is 3. The summed E-state index contributed by atoms with van der Waals surface area (Å²) in [5.41, 5.74) is 12.0. The molecule has 0 fully saturated rings. The molecule has 0 aliphatic rings. The van der Waals surface area contributed by atoms with Gasteiger partial charge in [-0.1, -0.05) is 170 Å². The predicted molar refractivity (Wildman–Crippen MR) is 229 cm³/mol. The summed E-state index contributed by atoms with van der Waals surface area (Å²) in [7, 11) is 0. The van der Waals surface area contributed by atoms with Gasteiger partial charge in [0.25, 0.3) is 0 Å². The zero-order chi connectivity index (χ0) is 37.0. The van der Waals surface area contributed by atoms with Gasteiger partial charge in [0.15, 0.2) is 17.5 Å². The quantitative estimate of drug-likeness (QED) is 0.172. The van der Waals surface area contributed by atoms with Gasteiger partial charge in [0.05, 0.1) is 22.3 Å². The summed E-state index contributed by atoms with van der Waals surface area (Å²) in [6.07, 6.45) is 0.